The summed E-state index contributed by atoms with van der Waals surface area (Å²) in [6.45, 7) is 5.16. The molecule has 3 heterocycles. The third-order valence-electron chi connectivity index (χ3n) is 5.31. The maximum Gasteiger partial charge on any atom is 0.437 e. The van der Waals surface area contributed by atoms with E-state index in [1.165, 1.54) is 0 Å². The number of nitrogens with one attached hydrogen (secondary N) is 2. The molecule has 6 nitrogen and oxygen atoms in total. The Kier molecular flexibility index (Phi) is 4.92. The molecule has 2 aliphatic rings. The van der Waals surface area contributed by atoms with Gasteiger partial charge in [0.05, 0.1) is 0 Å². The van der Waals surface area contributed by atoms with Crippen molar-refractivity contribution in [3.63, 3.8) is 0 Å². The van der Waals surface area contributed by atoms with Crippen LogP contribution >= 0.6 is 0 Å². The van der Waals surface area contributed by atoms with E-state index in [1.807, 2.05) is 13.8 Å². The van der Waals surface area contributed by atoms with Crippen molar-refractivity contribution in [3.8, 4) is 0 Å². The average molecular weight is 408 g/mol. The number of hydrogen-bond acceptors (Lipinski definition) is 5. The van der Waals surface area contributed by atoms with Crippen LogP contribution in [0.4, 0.5) is 30.6 Å². The second-order valence-electron chi connectivity index (χ2n) is 7.94. The lowest BCUT2D eigenvalue weighted by molar-refractivity contribution is -0.141. The summed E-state index contributed by atoms with van der Waals surface area (Å²) in [5.74, 6) is -1.44. The normalized spacial score (nSPS) is 21.6. The van der Waals surface area contributed by atoms with Crippen LogP contribution in [0.2, 0.25) is 0 Å². The Bertz CT molecular complexity index is 925. The van der Waals surface area contributed by atoms with E-state index in [2.05, 4.69) is 15.6 Å². The Morgan fingerprint density at radius 2 is 2.14 bits per heavy atom. The predicted molar refractivity (Wildman–Crippen MR) is 103 cm³/mol. The minimum Gasteiger partial charge on any atom is -0.417 e. The van der Waals surface area contributed by atoms with Crippen molar-refractivity contribution in [3.05, 3.63) is 35.2 Å². The number of fused-ring (bicyclic) bond motifs is 1. The number of halogens is 3. The lowest BCUT2D eigenvalue weighted by Crippen LogP contribution is -2.34. The number of piperidine rings is 1. The fourth-order valence-electron chi connectivity index (χ4n) is 3.97. The zero-order valence-electron chi connectivity index (χ0n) is 16.3. The molecule has 1 saturated heterocycles. The van der Waals surface area contributed by atoms with E-state index in [0.717, 1.165) is 30.5 Å². The SMILES string of the molecule is CC1CCCN(c2nc(C(F)(F)F)c(C(=O)Nc3ccc4c(c3)CC(C)N4)o2)C1. The fraction of sp³-hybridized carbons (Fsp3) is 0.500. The van der Waals surface area contributed by atoms with Gasteiger partial charge < -0.3 is 20.0 Å². The highest BCUT2D eigenvalue weighted by atomic mass is 19.4. The number of oxazole rings is 1. The Morgan fingerprint density at radius 3 is 2.86 bits per heavy atom. The van der Waals surface area contributed by atoms with Gasteiger partial charge in [0.1, 0.15) is 0 Å². The summed E-state index contributed by atoms with van der Waals surface area (Å²) in [5, 5.41) is 5.81. The summed E-state index contributed by atoms with van der Waals surface area (Å²) in [6.07, 6.45) is -2.16. The molecule has 0 saturated carbocycles. The highest BCUT2D eigenvalue weighted by Crippen LogP contribution is 2.36. The first-order valence-electron chi connectivity index (χ1n) is 9.74. The number of carbonyl (C=O) groups excluding carboxylic acids is 1. The van der Waals surface area contributed by atoms with E-state index in [0.29, 0.717) is 24.7 Å². The zero-order chi connectivity index (χ0) is 20.8. The molecule has 4 rings (SSSR count). The number of rotatable bonds is 3. The van der Waals surface area contributed by atoms with Crippen LogP contribution in [0.5, 0.6) is 0 Å². The number of benzene rings is 1. The lowest BCUT2D eigenvalue weighted by atomic mass is 10.0. The van der Waals surface area contributed by atoms with E-state index < -0.39 is 23.5 Å². The van der Waals surface area contributed by atoms with Crippen molar-refractivity contribution in [2.45, 2.75) is 45.3 Å². The molecule has 29 heavy (non-hydrogen) atoms. The molecular formula is C20H23F3N4O2. The number of amides is 1. The second kappa shape index (κ2) is 7.27. The van der Waals surface area contributed by atoms with Gasteiger partial charge >= 0.3 is 6.18 Å². The Morgan fingerprint density at radius 1 is 1.34 bits per heavy atom. The highest BCUT2D eigenvalue weighted by Gasteiger charge is 2.42. The van der Waals surface area contributed by atoms with E-state index >= 15 is 0 Å². The van der Waals surface area contributed by atoms with Crippen LogP contribution < -0.4 is 15.5 Å². The van der Waals surface area contributed by atoms with Gasteiger partial charge in [-0.05, 0) is 55.9 Å². The van der Waals surface area contributed by atoms with Crippen LogP contribution in [0.1, 0.15) is 48.5 Å². The summed E-state index contributed by atoms with van der Waals surface area (Å²) in [6, 6.07) is 5.34. The van der Waals surface area contributed by atoms with Crippen molar-refractivity contribution >= 4 is 23.3 Å². The molecule has 2 atom stereocenters. The van der Waals surface area contributed by atoms with Gasteiger partial charge in [0.2, 0.25) is 5.76 Å². The molecular weight excluding hydrogens is 385 g/mol. The van der Waals surface area contributed by atoms with E-state index in [-0.39, 0.29) is 12.1 Å². The van der Waals surface area contributed by atoms with Crippen LogP contribution in [-0.2, 0) is 12.6 Å². The molecule has 1 amide bonds. The van der Waals surface area contributed by atoms with Crippen LogP contribution in [-0.4, -0.2) is 30.0 Å². The van der Waals surface area contributed by atoms with Gasteiger partial charge in [-0.2, -0.15) is 18.2 Å². The van der Waals surface area contributed by atoms with Gasteiger partial charge in [-0.3, -0.25) is 4.79 Å². The quantitative estimate of drug-likeness (QED) is 0.780. The van der Waals surface area contributed by atoms with Crippen molar-refractivity contribution in [2.24, 2.45) is 5.92 Å². The standard InChI is InChI=1S/C20H23F3N4O2/c1-11-4-3-7-27(10-11)19-26-17(20(21,22)23)16(29-19)18(28)25-14-5-6-15-13(9-14)8-12(2)24-15/h5-6,9,11-12,24H,3-4,7-8,10H2,1-2H3,(H,25,28). The predicted octanol–water partition coefficient (Wildman–Crippen LogP) is 4.54. The Hall–Kier alpha value is -2.71. The molecule has 0 bridgehead atoms. The van der Waals surface area contributed by atoms with Gasteiger partial charge in [0.15, 0.2) is 5.69 Å². The lowest BCUT2D eigenvalue weighted by Gasteiger charge is -2.29. The number of nitrogens with zero attached hydrogens (tertiary/aromatic N) is 2. The topological polar surface area (TPSA) is 70.4 Å². The van der Waals surface area contributed by atoms with Crippen molar-refractivity contribution in [1.29, 1.82) is 0 Å². The van der Waals surface area contributed by atoms with Crippen molar-refractivity contribution in [2.75, 3.05) is 28.6 Å². The number of alkyl halides is 3. The van der Waals surface area contributed by atoms with Gasteiger partial charge in [0.25, 0.3) is 11.9 Å². The molecule has 0 radical (unpaired) electrons. The molecule has 2 aliphatic heterocycles. The largest absolute Gasteiger partial charge is 0.437 e. The maximum absolute atomic E-state index is 13.5. The van der Waals surface area contributed by atoms with Crippen LogP contribution in [0, 0.1) is 5.92 Å². The molecule has 9 heteroatoms. The molecule has 156 valence electrons. The summed E-state index contributed by atoms with van der Waals surface area (Å²) in [5.41, 5.74) is 1.10. The van der Waals surface area contributed by atoms with E-state index in [9.17, 15) is 18.0 Å². The third-order valence-corrected chi connectivity index (χ3v) is 5.31. The summed E-state index contributed by atoms with van der Waals surface area (Å²) >= 11 is 0. The minimum atomic E-state index is -4.78. The molecule has 2 unspecified atom stereocenters. The van der Waals surface area contributed by atoms with E-state index in [1.54, 1.807) is 23.1 Å². The monoisotopic (exact) mass is 408 g/mol. The Balaban J connectivity index is 1.59. The molecule has 1 aromatic carbocycles. The molecule has 1 aromatic heterocycles. The highest BCUT2D eigenvalue weighted by molar-refractivity contribution is 6.03. The van der Waals surface area contributed by atoms with Crippen molar-refractivity contribution < 1.29 is 22.4 Å². The van der Waals surface area contributed by atoms with Gasteiger partial charge in [-0.1, -0.05) is 6.92 Å². The third kappa shape index (κ3) is 4.04. The maximum atomic E-state index is 13.5. The van der Waals surface area contributed by atoms with Crippen molar-refractivity contribution in [1.82, 2.24) is 4.98 Å². The van der Waals surface area contributed by atoms with E-state index in [4.69, 9.17) is 4.42 Å². The summed E-state index contributed by atoms with van der Waals surface area (Å²) in [4.78, 5) is 17.9. The van der Waals surface area contributed by atoms with Crippen LogP contribution in [0.15, 0.2) is 22.6 Å². The smallest absolute Gasteiger partial charge is 0.417 e. The molecule has 0 spiro atoms. The molecule has 2 aromatic rings. The van der Waals surface area contributed by atoms with Gasteiger partial charge in [-0.15, -0.1) is 0 Å². The first-order chi connectivity index (χ1) is 13.7. The first kappa shape index (κ1) is 19.6. The minimum absolute atomic E-state index is 0.152. The summed E-state index contributed by atoms with van der Waals surface area (Å²) < 4.78 is 45.8. The average Bonchev–Trinajstić information content (AvgIpc) is 3.24. The second-order valence-corrected chi connectivity index (χ2v) is 7.94. The van der Waals surface area contributed by atoms with Gasteiger partial charge in [0, 0.05) is 30.5 Å². The number of aromatic nitrogens is 1. The number of hydrogen-bond donors (Lipinski definition) is 2. The summed E-state index contributed by atoms with van der Waals surface area (Å²) in [7, 11) is 0. The van der Waals surface area contributed by atoms with Gasteiger partial charge in [-0.25, -0.2) is 0 Å². The molecule has 1 fully saturated rings. The number of anilines is 3. The van der Waals surface area contributed by atoms with Crippen LogP contribution in [0.25, 0.3) is 0 Å². The Labute approximate surface area is 166 Å². The van der Waals surface area contributed by atoms with Crippen LogP contribution in [0.3, 0.4) is 0 Å². The molecule has 0 aliphatic carbocycles. The zero-order valence-corrected chi connectivity index (χ0v) is 16.3. The number of carbonyl (C=O) groups is 1. The first-order valence-corrected chi connectivity index (χ1v) is 9.74. The molecule has 2 N–H and O–H groups in total. The fourth-order valence-corrected chi connectivity index (χ4v) is 3.97.